The van der Waals surface area contributed by atoms with Gasteiger partial charge in [-0.25, -0.2) is 0 Å². The van der Waals surface area contributed by atoms with Crippen LogP contribution in [0.1, 0.15) is 17.0 Å². The van der Waals surface area contributed by atoms with Gasteiger partial charge in [-0.2, -0.15) is 0 Å². The van der Waals surface area contributed by atoms with Gasteiger partial charge in [0.05, 0.1) is 6.54 Å². The van der Waals surface area contributed by atoms with Crippen LogP contribution in [-0.4, -0.2) is 55.7 Å². The summed E-state index contributed by atoms with van der Waals surface area (Å²) in [7, 11) is 1.91. The Balaban J connectivity index is 1.56. The fourth-order valence-corrected chi connectivity index (χ4v) is 3.44. The zero-order chi connectivity index (χ0) is 18.0. The zero-order valence-corrected chi connectivity index (χ0v) is 15.5. The van der Waals surface area contributed by atoms with Crippen molar-refractivity contribution >= 4 is 17.3 Å². The molecule has 1 aromatic carbocycles. The SMILES string of the molecule is Cc1cccc(N2CCN(C(=O)CN(C)c3c(C)noc3C)CC2)c1. The van der Waals surface area contributed by atoms with Crippen molar-refractivity contribution < 1.29 is 9.32 Å². The summed E-state index contributed by atoms with van der Waals surface area (Å²) >= 11 is 0. The van der Waals surface area contributed by atoms with Crippen LogP contribution in [0.3, 0.4) is 0 Å². The van der Waals surface area contributed by atoms with Gasteiger partial charge in [0.25, 0.3) is 0 Å². The van der Waals surface area contributed by atoms with E-state index in [1.807, 2.05) is 30.7 Å². The van der Waals surface area contributed by atoms with E-state index < -0.39 is 0 Å². The quantitative estimate of drug-likeness (QED) is 0.854. The maximum absolute atomic E-state index is 12.6. The second-order valence-electron chi connectivity index (χ2n) is 6.74. The maximum Gasteiger partial charge on any atom is 0.242 e. The van der Waals surface area contributed by atoms with Crippen molar-refractivity contribution in [1.29, 1.82) is 0 Å². The van der Waals surface area contributed by atoms with E-state index in [0.717, 1.165) is 43.3 Å². The Morgan fingerprint density at radius 3 is 2.52 bits per heavy atom. The number of carbonyl (C=O) groups excluding carboxylic acids is 1. The minimum Gasteiger partial charge on any atom is -0.368 e. The molecule has 0 unspecified atom stereocenters. The number of aromatic nitrogens is 1. The minimum atomic E-state index is 0.145. The highest BCUT2D eigenvalue weighted by molar-refractivity contribution is 5.82. The normalized spacial score (nSPS) is 14.7. The molecular weight excluding hydrogens is 316 g/mol. The number of anilines is 2. The molecule has 2 aromatic rings. The summed E-state index contributed by atoms with van der Waals surface area (Å²) in [5, 5.41) is 3.96. The molecule has 0 aliphatic carbocycles. The Morgan fingerprint density at radius 1 is 1.20 bits per heavy atom. The highest BCUT2D eigenvalue weighted by Crippen LogP contribution is 2.23. The molecule has 0 spiro atoms. The van der Waals surface area contributed by atoms with Gasteiger partial charge in [-0.15, -0.1) is 0 Å². The second-order valence-corrected chi connectivity index (χ2v) is 6.74. The molecule has 0 radical (unpaired) electrons. The van der Waals surface area contributed by atoms with Crippen molar-refractivity contribution in [2.24, 2.45) is 0 Å². The standard InChI is InChI=1S/C19H26N4O2/c1-14-6-5-7-17(12-14)22-8-10-23(11-9-22)18(24)13-21(4)19-15(2)20-25-16(19)3/h5-7,12H,8-11,13H2,1-4H3. The third-order valence-corrected chi connectivity index (χ3v) is 4.75. The number of likely N-dealkylation sites (N-methyl/N-ethyl adjacent to an activating group) is 1. The molecular formula is C19H26N4O2. The van der Waals surface area contributed by atoms with Gasteiger partial charge in [0.15, 0.2) is 5.76 Å². The molecule has 6 nitrogen and oxygen atoms in total. The lowest BCUT2D eigenvalue weighted by molar-refractivity contribution is -0.129. The summed E-state index contributed by atoms with van der Waals surface area (Å²) in [6.07, 6.45) is 0. The van der Waals surface area contributed by atoms with Gasteiger partial charge in [-0.1, -0.05) is 17.3 Å². The van der Waals surface area contributed by atoms with Gasteiger partial charge in [0.2, 0.25) is 5.91 Å². The first-order valence-electron chi connectivity index (χ1n) is 8.69. The maximum atomic E-state index is 12.6. The molecule has 1 amide bonds. The first-order valence-corrected chi connectivity index (χ1v) is 8.69. The number of piperazine rings is 1. The smallest absolute Gasteiger partial charge is 0.242 e. The molecule has 1 aliphatic heterocycles. The van der Waals surface area contributed by atoms with Gasteiger partial charge in [0, 0.05) is 38.9 Å². The van der Waals surface area contributed by atoms with Crippen LogP contribution in [0.5, 0.6) is 0 Å². The summed E-state index contributed by atoms with van der Waals surface area (Å²) in [5.41, 5.74) is 4.22. The van der Waals surface area contributed by atoms with Gasteiger partial charge in [-0.3, -0.25) is 4.79 Å². The van der Waals surface area contributed by atoms with E-state index in [0.29, 0.717) is 6.54 Å². The van der Waals surface area contributed by atoms with E-state index in [1.54, 1.807) is 0 Å². The van der Waals surface area contributed by atoms with Crippen molar-refractivity contribution in [2.45, 2.75) is 20.8 Å². The monoisotopic (exact) mass is 342 g/mol. The third kappa shape index (κ3) is 3.78. The Labute approximate surface area is 149 Å². The molecule has 134 valence electrons. The summed E-state index contributed by atoms with van der Waals surface area (Å²) < 4.78 is 5.19. The van der Waals surface area contributed by atoms with Crippen LogP contribution in [-0.2, 0) is 4.79 Å². The van der Waals surface area contributed by atoms with Crippen molar-refractivity contribution in [3.8, 4) is 0 Å². The largest absolute Gasteiger partial charge is 0.368 e. The highest BCUT2D eigenvalue weighted by Gasteiger charge is 2.24. The van der Waals surface area contributed by atoms with E-state index in [-0.39, 0.29) is 5.91 Å². The number of amides is 1. The number of rotatable bonds is 4. The van der Waals surface area contributed by atoms with E-state index in [4.69, 9.17) is 4.52 Å². The van der Waals surface area contributed by atoms with Crippen LogP contribution >= 0.6 is 0 Å². The fourth-order valence-electron chi connectivity index (χ4n) is 3.44. The molecule has 3 rings (SSSR count). The molecule has 25 heavy (non-hydrogen) atoms. The van der Waals surface area contributed by atoms with Crippen LogP contribution < -0.4 is 9.80 Å². The molecule has 1 fully saturated rings. The number of carbonyl (C=O) groups is 1. The Hall–Kier alpha value is -2.50. The van der Waals surface area contributed by atoms with Crippen molar-refractivity contribution in [1.82, 2.24) is 10.1 Å². The first-order chi connectivity index (χ1) is 12.0. The predicted octanol–water partition coefficient (Wildman–Crippen LogP) is 2.38. The van der Waals surface area contributed by atoms with E-state index >= 15 is 0 Å². The van der Waals surface area contributed by atoms with E-state index in [1.165, 1.54) is 11.3 Å². The van der Waals surface area contributed by atoms with Gasteiger partial charge in [0.1, 0.15) is 11.4 Å². The molecule has 0 bridgehead atoms. The van der Waals surface area contributed by atoms with Crippen LogP contribution in [0.2, 0.25) is 0 Å². The summed E-state index contributed by atoms with van der Waals surface area (Å²) in [6, 6.07) is 8.52. The molecule has 1 saturated heterocycles. The second kappa shape index (κ2) is 7.17. The average Bonchev–Trinajstić information content (AvgIpc) is 2.93. The number of nitrogens with zero attached hydrogens (tertiary/aromatic N) is 4. The van der Waals surface area contributed by atoms with Crippen molar-refractivity contribution in [3.05, 3.63) is 41.3 Å². The van der Waals surface area contributed by atoms with E-state index in [2.05, 4.69) is 41.2 Å². The number of hydrogen-bond acceptors (Lipinski definition) is 5. The molecule has 2 heterocycles. The van der Waals surface area contributed by atoms with Crippen molar-refractivity contribution in [2.75, 3.05) is 49.6 Å². The Kier molecular flexibility index (Phi) is 4.97. The zero-order valence-electron chi connectivity index (χ0n) is 15.5. The van der Waals surface area contributed by atoms with Gasteiger partial charge in [-0.05, 0) is 38.5 Å². The van der Waals surface area contributed by atoms with Gasteiger partial charge >= 0.3 is 0 Å². The predicted molar refractivity (Wildman–Crippen MR) is 99.2 cm³/mol. The molecule has 1 aliphatic rings. The van der Waals surface area contributed by atoms with Crippen LogP contribution in [0.25, 0.3) is 0 Å². The topological polar surface area (TPSA) is 52.8 Å². The number of hydrogen-bond donors (Lipinski definition) is 0. The summed E-state index contributed by atoms with van der Waals surface area (Å²) in [5.74, 6) is 0.892. The number of benzene rings is 1. The van der Waals surface area contributed by atoms with Gasteiger partial charge < -0.3 is 19.2 Å². The fraction of sp³-hybridized carbons (Fsp3) is 0.474. The average molecular weight is 342 g/mol. The Morgan fingerprint density at radius 2 is 1.92 bits per heavy atom. The lowest BCUT2D eigenvalue weighted by Crippen LogP contribution is -2.51. The minimum absolute atomic E-state index is 0.145. The lowest BCUT2D eigenvalue weighted by Gasteiger charge is -2.37. The first kappa shape index (κ1) is 17.3. The third-order valence-electron chi connectivity index (χ3n) is 4.75. The van der Waals surface area contributed by atoms with Crippen molar-refractivity contribution in [3.63, 3.8) is 0 Å². The Bertz CT molecular complexity index is 728. The van der Waals surface area contributed by atoms with Crippen LogP contribution in [0, 0.1) is 20.8 Å². The summed E-state index contributed by atoms with van der Waals surface area (Å²) in [4.78, 5) is 18.9. The molecule has 6 heteroatoms. The molecule has 1 aromatic heterocycles. The molecule has 0 N–H and O–H groups in total. The lowest BCUT2D eigenvalue weighted by atomic mass is 10.2. The summed E-state index contributed by atoms with van der Waals surface area (Å²) in [6.45, 7) is 9.45. The molecule has 0 atom stereocenters. The highest BCUT2D eigenvalue weighted by atomic mass is 16.5. The number of aryl methyl sites for hydroxylation is 3. The van der Waals surface area contributed by atoms with E-state index in [9.17, 15) is 4.79 Å². The van der Waals surface area contributed by atoms with Crippen LogP contribution in [0.4, 0.5) is 11.4 Å². The molecule has 0 saturated carbocycles. The van der Waals surface area contributed by atoms with Crippen LogP contribution in [0.15, 0.2) is 28.8 Å².